The van der Waals surface area contributed by atoms with E-state index in [-0.39, 0.29) is 37.1 Å². The maximum atomic E-state index is 12.5. The van der Waals surface area contributed by atoms with E-state index in [0.29, 0.717) is 18.1 Å². The molecule has 1 rings (SSSR count). The van der Waals surface area contributed by atoms with Crippen LogP contribution in [0.1, 0.15) is 31.9 Å². The summed E-state index contributed by atoms with van der Waals surface area (Å²) in [5.41, 5.74) is -0.0901. The third-order valence-corrected chi connectivity index (χ3v) is 5.88. The van der Waals surface area contributed by atoms with Crippen molar-refractivity contribution >= 4 is 39.8 Å². The first-order valence-electron chi connectivity index (χ1n) is 7.75. The third-order valence-electron chi connectivity index (χ3n) is 3.73. The Morgan fingerprint density at radius 1 is 1.12 bits per heavy atom. The fraction of sp³-hybridized carbons (Fsp3) is 0.562. The monoisotopic (exact) mass is 507 g/mol. The van der Waals surface area contributed by atoms with Crippen molar-refractivity contribution in [2.45, 2.75) is 38.2 Å². The molecule has 0 saturated carbocycles. The molecule has 0 atom stereocenters. The molecule has 0 bridgehead atoms. The summed E-state index contributed by atoms with van der Waals surface area (Å²) < 4.78 is 60.1. The highest BCUT2D eigenvalue weighted by Crippen LogP contribution is 2.29. The Morgan fingerprint density at radius 2 is 1.65 bits per heavy atom. The quantitative estimate of drug-likeness (QED) is 0.353. The van der Waals surface area contributed by atoms with Gasteiger partial charge in [0.25, 0.3) is 0 Å². The van der Waals surface area contributed by atoms with Crippen molar-refractivity contribution in [1.82, 2.24) is 10.6 Å². The van der Waals surface area contributed by atoms with Gasteiger partial charge in [-0.3, -0.25) is 0 Å². The van der Waals surface area contributed by atoms with E-state index >= 15 is 0 Å². The number of aliphatic imine (C=N–C) groups is 1. The molecule has 10 heteroatoms. The largest absolute Gasteiger partial charge is 0.416 e. The van der Waals surface area contributed by atoms with Crippen LogP contribution in [0, 0.1) is 0 Å². The van der Waals surface area contributed by atoms with E-state index in [1.165, 1.54) is 18.4 Å². The van der Waals surface area contributed by atoms with Gasteiger partial charge in [0.15, 0.2) is 15.8 Å². The Morgan fingerprint density at radius 3 is 2.08 bits per heavy atom. The fourth-order valence-corrected chi connectivity index (χ4v) is 2.07. The van der Waals surface area contributed by atoms with Gasteiger partial charge in [-0.05, 0) is 38.5 Å². The summed E-state index contributed by atoms with van der Waals surface area (Å²) in [4.78, 5) is 4.28. The molecule has 0 aliphatic rings. The van der Waals surface area contributed by atoms with Crippen molar-refractivity contribution in [3.8, 4) is 0 Å². The molecule has 0 aliphatic heterocycles. The van der Waals surface area contributed by atoms with Gasteiger partial charge in [-0.15, -0.1) is 24.0 Å². The lowest BCUT2D eigenvalue weighted by atomic mass is 10.1. The second kappa shape index (κ2) is 9.77. The first-order chi connectivity index (χ1) is 11.4. The van der Waals surface area contributed by atoms with Crippen molar-refractivity contribution in [3.05, 3.63) is 35.4 Å². The van der Waals surface area contributed by atoms with Gasteiger partial charge in [0.05, 0.1) is 16.9 Å². The Kier molecular flexibility index (Phi) is 9.38. The summed E-state index contributed by atoms with van der Waals surface area (Å²) in [6, 6.07) is 4.77. The van der Waals surface area contributed by atoms with E-state index in [9.17, 15) is 21.6 Å². The van der Waals surface area contributed by atoms with Gasteiger partial charge in [-0.1, -0.05) is 12.1 Å². The summed E-state index contributed by atoms with van der Waals surface area (Å²) in [7, 11) is -3.25. The normalized spacial score (nSPS) is 13.1. The maximum Gasteiger partial charge on any atom is 0.416 e. The molecule has 0 aliphatic carbocycles. The van der Waals surface area contributed by atoms with Crippen LogP contribution in [0.2, 0.25) is 0 Å². The van der Waals surface area contributed by atoms with Crippen LogP contribution in [0.4, 0.5) is 13.2 Å². The van der Waals surface area contributed by atoms with E-state index in [4.69, 9.17) is 0 Å². The molecule has 0 radical (unpaired) electrons. The molecule has 1 aromatic rings. The minimum absolute atomic E-state index is 0. The van der Waals surface area contributed by atoms with E-state index in [0.717, 1.165) is 12.1 Å². The van der Waals surface area contributed by atoms with Gasteiger partial charge >= 0.3 is 6.18 Å². The molecule has 0 saturated heterocycles. The summed E-state index contributed by atoms with van der Waals surface area (Å²) in [5, 5.41) is 5.93. The molecule has 2 N–H and O–H groups in total. The molecule has 1 aromatic carbocycles. The number of rotatable bonds is 6. The topological polar surface area (TPSA) is 70.6 Å². The number of sulfone groups is 1. The molecule has 0 fully saturated rings. The Bertz CT molecular complexity index is 702. The number of nitrogens with zero attached hydrogens (tertiary/aromatic N) is 1. The van der Waals surface area contributed by atoms with Crippen LogP contribution in [0.5, 0.6) is 0 Å². The second-order valence-electron chi connectivity index (χ2n) is 6.28. The molecule has 5 nitrogen and oxygen atoms in total. The van der Waals surface area contributed by atoms with E-state index in [2.05, 4.69) is 15.6 Å². The van der Waals surface area contributed by atoms with Crippen LogP contribution in [0.15, 0.2) is 29.3 Å². The van der Waals surface area contributed by atoms with Crippen molar-refractivity contribution in [2.24, 2.45) is 4.99 Å². The highest BCUT2D eigenvalue weighted by molar-refractivity contribution is 14.0. The van der Waals surface area contributed by atoms with Crippen LogP contribution in [0.25, 0.3) is 0 Å². The second-order valence-corrected chi connectivity index (χ2v) is 8.92. The van der Waals surface area contributed by atoms with Crippen molar-refractivity contribution < 1.29 is 21.6 Å². The Hall–Kier alpha value is -1.04. The Balaban J connectivity index is 0.00000625. The zero-order chi connectivity index (χ0) is 19.3. The number of hydrogen-bond acceptors (Lipinski definition) is 3. The van der Waals surface area contributed by atoms with Crippen LogP contribution in [0.3, 0.4) is 0 Å². The van der Waals surface area contributed by atoms with Gasteiger partial charge < -0.3 is 10.6 Å². The van der Waals surface area contributed by atoms with Gasteiger partial charge in [-0.25, -0.2) is 13.4 Å². The van der Waals surface area contributed by atoms with Crippen LogP contribution >= 0.6 is 24.0 Å². The number of hydrogen-bond donors (Lipinski definition) is 2. The molecule has 0 spiro atoms. The zero-order valence-electron chi connectivity index (χ0n) is 15.1. The molecule has 0 amide bonds. The summed E-state index contributed by atoms with van der Waals surface area (Å²) in [6.45, 7) is 5.97. The number of nitrogens with one attached hydrogen (secondary N) is 2. The van der Waals surface area contributed by atoms with E-state index < -0.39 is 26.3 Å². The number of guanidine groups is 1. The fourth-order valence-electron chi connectivity index (χ4n) is 1.74. The van der Waals surface area contributed by atoms with Crippen molar-refractivity contribution in [1.29, 1.82) is 0 Å². The summed E-state index contributed by atoms with van der Waals surface area (Å²) >= 11 is 0. The van der Waals surface area contributed by atoms with Crippen molar-refractivity contribution in [2.75, 3.05) is 19.3 Å². The molecule has 0 heterocycles. The number of halogens is 4. The predicted molar refractivity (Wildman–Crippen MR) is 109 cm³/mol. The lowest BCUT2D eigenvalue weighted by Gasteiger charge is -2.24. The zero-order valence-corrected chi connectivity index (χ0v) is 18.3. The highest BCUT2D eigenvalue weighted by atomic mass is 127. The summed E-state index contributed by atoms with van der Waals surface area (Å²) in [6.07, 6.45) is -3.20. The molecular weight excluding hydrogens is 482 g/mol. The first-order valence-corrected chi connectivity index (χ1v) is 9.64. The smallest absolute Gasteiger partial charge is 0.357 e. The van der Waals surface area contributed by atoms with Crippen LogP contribution < -0.4 is 10.6 Å². The number of alkyl halides is 3. The summed E-state index contributed by atoms with van der Waals surface area (Å²) in [5.74, 6) is 0.402. The van der Waals surface area contributed by atoms with Crippen LogP contribution in [-0.2, 0) is 22.6 Å². The van der Waals surface area contributed by atoms with E-state index in [1.54, 1.807) is 13.8 Å². The molecule has 26 heavy (non-hydrogen) atoms. The minimum atomic E-state index is -4.37. The standard InChI is InChI=1S/C16H24F3N3O2S.HI/c1-5-20-14(22-11-15(2,3)25(4,23)24)21-10-12-6-8-13(9-7-12)16(17,18)19;/h6-9H,5,10-11H2,1-4H3,(H2,20,21,22);1H. The Labute approximate surface area is 169 Å². The van der Waals surface area contributed by atoms with Crippen LogP contribution in [-0.4, -0.2) is 38.5 Å². The molecule has 0 unspecified atom stereocenters. The SMILES string of the molecule is CCNC(=NCc1ccc(C(F)(F)F)cc1)NCC(C)(C)S(C)(=O)=O.I. The highest BCUT2D eigenvalue weighted by Gasteiger charge is 2.30. The maximum absolute atomic E-state index is 12.5. The first kappa shape index (κ1) is 25.0. The van der Waals surface area contributed by atoms with Gasteiger partial charge in [-0.2, -0.15) is 13.2 Å². The van der Waals surface area contributed by atoms with Gasteiger partial charge in [0.2, 0.25) is 0 Å². The van der Waals surface area contributed by atoms with Gasteiger partial charge in [0.1, 0.15) is 0 Å². The molecule has 150 valence electrons. The average molecular weight is 507 g/mol. The average Bonchev–Trinajstić information content (AvgIpc) is 2.48. The lowest BCUT2D eigenvalue weighted by Crippen LogP contribution is -2.47. The lowest BCUT2D eigenvalue weighted by molar-refractivity contribution is -0.137. The molecule has 0 aromatic heterocycles. The van der Waals surface area contributed by atoms with E-state index in [1.807, 2.05) is 6.92 Å². The van der Waals surface area contributed by atoms with Gasteiger partial charge in [0, 0.05) is 19.3 Å². The third kappa shape index (κ3) is 7.68. The predicted octanol–water partition coefficient (Wildman–Crippen LogP) is 3.20. The minimum Gasteiger partial charge on any atom is -0.357 e. The number of benzene rings is 1. The van der Waals surface area contributed by atoms with Crippen molar-refractivity contribution in [3.63, 3.8) is 0 Å². The molecular formula is C16H25F3IN3O2S.